The Morgan fingerprint density at radius 1 is 0.359 bits per heavy atom. The summed E-state index contributed by atoms with van der Waals surface area (Å²) in [4.78, 5) is 0. The van der Waals surface area contributed by atoms with Gasteiger partial charge in [0.1, 0.15) is 22.3 Å². The fourth-order valence-corrected chi connectivity index (χ4v) is 6.19. The van der Waals surface area contributed by atoms with Crippen LogP contribution in [-0.4, -0.2) is 4.57 Å². The van der Waals surface area contributed by atoms with Crippen molar-refractivity contribution in [2.24, 2.45) is 0 Å². The third-order valence-corrected chi connectivity index (χ3v) is 7.97. The lowest BCUT2D eigenvalue weighted by Crippen LogP contribution is -1.94. The molecule has 3 heteroatoms. The predicted molar refractivity (Wildman–Crippen MR) is 161 cm³/mol. The molecule has 182 valence electrons. The average molecular weight is 500 g/mol. The number of benzene rings is 6. The van der Waals surface area contributed by atoms with Gasteiger partial charge in [0.05, 0.1) is 11.0 Å². The minimum Gasteiger partial charge on any atom is -0.456 e. The van der Waals surface area contributed by atoms with Crippen LogP contribution < -0.4 is 0 Å². The van der Waals surface area contributed by atoms with Crippen molar-refractivity contribution in [1.82, 2.24) is 4.57 Å². The third kappa shape index (κ3) is 2.93. The van der Waals surface area contributed by atoms with E-state index in [1.807, 2.05) is 18.2 Å². The van der Waals surface area contributed by atoms with Crippen molar-refractivity contribution < 1.29 is 8.83 Å². The van der Waals surface area contributed by atoms with E-state index >= 15 is 0 Å². The van der Waals surface area contributed by atoms with Gasteiger partial charge in [-0.2, -0.15) is 0 Å². The highest BCUT2D eigenvalue weighted by Gasteiger charge is 2.18. The highest BCUT2D eigenvalue weighted by Crippen LogP contribution is 2.41. The molecule has 0 bridgehead atoms. The zero-order valence-electron chi connectivity index (χ0n) is 20.9. The minimum absolute atomic E-state index is 0.839. The Labute approximate surface area is 223 Å². The van der Waals surface area contributed by atoms with Gasteiger partial charge in [-0.3, -0.25) is 0 Å². The molecule has 9 aromatic rings. The van der Waals surface area contributed by atoms with Gasteiger partial charge in [0.25, 0.3) is 0 Å². The van der Waals surface area contributed by atoms with Gasteiger partial charge in [0.15, 0.2) is 0 Å². The Balaban J connectivity index is 1.35. The molecule has 0 aliphatic carbocycles. The van der Waals surface area contributed by atoms with Crippen LogP contribution in [0.3, 0.4) is 0 Å². The van der Waals surface area contributed by atoms with Crippen molar-refractivity contribution in [3.63, 3.8) is 0 Å². The van der Waals surface area contributed by atoms with Crippen molar-refractivity contribution in [3.05, 3.63) is 127 Å². The number of furan rings is 2. The monoisotopic (exact) mass is 499 g/mol. The van der Waals surface area contributed by atoms with Crippen LogP contribution in [0.1, 0.15) is 0 Å². The molecule has 0 fully saturated rings. The second kappa shape index (κ2) is 7.62. The van der Waals surface area contributed by atoms with Crippen LogP contribution in [0.15, 0.2) is 136 Å². The standard InChI is InChI=1S/C36H21NO2/c1-2-9-22(10-3-1)23-11-8-12-24(17-23)37-31-15-6-4-13-25(31)27-18-29-30-19-28-26-14-5-7-16-33(26)38-35(28)21-36(30)39-34(29)20-32(27)37/h1-21H. The molecule has 3 aromatic heterocycles. The van der Waals surface area contributed by atoms with Gasteiger partial charge < -0.3 is 13.4 Å². The molecule has 39 heavy (non-hydrogen) atoms. The molecule has 9 rings (SSSR count). The maximum atomic E-state index is 6.47. The predicted octanol–water partition coefficient (Wildman–Crippen LogP) is 10.2. The van der Waals surface area contributed by atoms with E-state index < -0.39 is 0 Å². The number of hydrogen-bond donors (Lipinski definition) is 0. The van der Waals surface area contributed by atoms with E-state index in [0.717, 1.165) is 55.1 Å². The Morgan fingerprint density at radius 3 is 1.87 bits per heavy atom. The first-order valence-electron chi connectivity index (χ1n) is 13.2. The lowest BCUT2D eigenvalue weighted by Gasteiger charge is -2.10. The second-order valence-electron chi connectivity index (χ2n) is 10.2. The number of nitrogens with zero attached hydrogens (tertiary/aromatic N) is 1. The molecule has 0 amide bonds. The summed E-state index contributed by atoms with van der Waals surface area (Å²) in [7, 11) is 0. The first-order chi connectivity index (χ1) is 19.3. The lowest BCUT2D eigenvalue weighted by atomic mass is 10.1. The van der Waals surface area contributed by atoms with E-state index in [1.54, 1.807) is 0 Å². The minimum atomic E-state index is 0.839. The molecular formula is C36H21NO2. The number of aromatic nitrogens is 1. The molecule has 3 heterocycles. The van der Waals surface area contributed by atoms with Gasteiger partial charge in [0.2, 0.25) is 0 Å². The van der Waals surface area contributed by atoms with Gasteiger partial charge in [-0.05, 0) is 47.5 Å². The fraction of sp³-hybridized carbons (Fsp3) is 0. The molecule has 3 nitrogen and oxygen atoms in total. The Kier molecular flexibility index (Phi) is 4.05. The highest BCUT2D eigenvalue weighted by atomic mass is 16.3. The Bertz CT molecular complexity index is 2390. The van der Waals surface area contributed by atoms with Crippen LogP contribution in [0.2, 0.25) is 0 Å². The molecule has 0 atom stereocenters. The van der Waals surface area contributed by atoms with Crippen LogP contribution >= 0.6 is 0 Å². The quantitative estimate of drug-likeness (QED) is 0.237. The maximum absolute atomic E-state index is 6.47. The summed E-state index contributed by atoms with van der Waals surface area (Å²) in [6.45, 7) is 0. The van der Waals surface area contributed by atoms with Crippen molar-refractivity contribution in [3.8, 4) is 16.8 Å². The number of rotatable bonds is 2. The van der Waals surface area contributed by atoms with E-state index in [0.29, 0.717) is 0 Å². The zero-order valence-corrected chi connectivity index (χ0v) is 20.9. The number of para-hydroxylation sites is 2. The van der Waals surface area contributed by atoms with Crippen LogP contribution in [0.5, 0.6) is 0 Å². The van der Waals surface area contributed by atoms with Gasteiger partial charge >= 0.3 is 0 Å². The first-order valence-corrected chi connectivity index (χ1v) is 13.2. The first kappa shape index (κ1) is 20.7. The maximum Gasteiger partial charge on any atom is 0.139 e. The summed E-state index contributed by atoms with van der Waals surface area (Å²) in [5.41, 5.74) is 9.29. The molecule has 0 radical (unpaired) electrons. The van der Waals surface area contributed by atoms with Gasteiger partial charge in [-0.25, -0.2) is 0 Å². The molecule has 0 spiro atoms. The smallest absolute Gasteiger partial charge is 0.139 e. The van der Waals surface area contributed by atoms with E-state index in [9.17, 15) is 0 Å². The average Bonchev–Trinajstić information content (AvgIpc) is 3.63. The lowest BCUT2D eigenvalue weighted by molar-refractivity contribution is 0.656. The second-order valence-corrected chi connectivity index (χ2v) is 10.2. The number of hydrogen-bond acceptors (Lipinski definition) is 2. The van der Waals surface area contributed by atoms with Crippen molar-refractivity contribution in [2.75, 3.05) is 0 Å². The Morgan fingerprint density at radius 2 is 1.00 bits per heavy atom. The van der Waals surface area contributed by atoms with Gasteiger partial charge in [-0.1, -0.05) is 78.9 Å². The molecule has 0 N–H and O–H groups in total. The summed E-state index contributed by atoms with van der Waals surface area (Å²) in [5, 5.41) is 6.90. The summed E-state index contributed by atoms with van der Waals surface area (Å²) in [6, 6.07) is 44.9. The summed E-state index contributed by atoms with van der Waals surface area (Å²) >= 11 is 0. The summed E-state index contributed by atoms with van der Waals surface area (Å²) in [6.07, 6.45) is 0. The molecule has 0 unspecified atom stereocenters. The van der Waals surface area contributed by atoms with Crippen molar-refractivity contribution >= 4 is 65.7 Å². The van der Waals surface area contributed by atoms with Crippen molar-refractivity contribution in [2.45, 2.75) is 0 Å². The summed E-state index contributed by atoms with van der Waals surface area (Å²) < 4.78 is 15.0. The fourth-order valence-electron chi connectivity index (χ4n) is 6.19. The zero-order chi connectivity index (χ0) is 25.5. The molecule has 0 aliphatic rings. The van der Waals surface area contributed by atoms with Gasteiger partial charge in [-0.15, -0.1) is 0 Å². The highest BCUT2D eigenvalue weighted by molar-refractivity contribution is 6.20. The van der Waals surface area contributed by atoms with E-state index in [1.165, 1.54) is 27.4 Å². The van der Waals surface area contributed by atoms with E-state index in [2.05, 4.69) is 114 Å². The molecular weight excluding hydrogens is 478 g/mol. The van der Waals surface area contributed by atoms with Crippen molar-refractivity contribution in [1.29, 1.82) is 0 Å². The SMILES string of the molecule is c1ccc(-c2cccc(-n3c4ccccc4c4cc5c(cc43)oc3cc4oc6ccccc6c4cc35)c2)cc1. The van der Waals surface area contributed by atoms with Crippen LogP contribution in [0.4, 0.5) is 0 Å². The van der Waals surface area contributed by atoms with Crippen LogP contribution in [0, 0.1) is 0 Å². The Hall–Kier alpha value is -5.28. The third-order valence-electron chi connectivity index (χ3n) is 7.97. The molecule has 0 saturated heterocycles. The van der Waals surface area contributed by atoms with Gasteiger partial charge in [0, 0.05) is 50.1 Å². The van der Waals surface area contributed by atoms with Crippen LogP contribution in [0.25, 0.3) is 82.5 Å². The normalized spacial score (nSPS) is 12.1. The van der Waals surface area contributed by atoms with E-state index in [4.69, 9.17) is 8.83 Å². The molecule has 0 saturated carbocycles. The van der Waals surface area contributed by atoms with Crippen LogP contribution in [-0.2, 0) is 0 Å². The topological polar surface area (TPSA) is 31.2 Å². The molecule has 6 aromatic carbocycles. The number of fused-ring (bicyclic) bond motifs is 9. The largest absolute Gasteiger partial charge is 0.456 e. The van der Waals surface area contributed by atoms with E-state index in [-0.39, 0.29) is 0 Å². The molecule has 0 aliphatic heterocycles. The summed E-state index contributed by atoms with van der Waals surface area (Å²) in [5.74, 6) is 0.